The Labute approximate surface area is 153 Å². The molecule has 0 fully saturated rings. The fourth-order valence-corrected chi connectivity index (χ4v) is 5.09. The lowest BCUT2D eigenvalue weighted by molar-refractivity contribution is 0.0913. The Bertz CT molecular complexity index is 843. The smallest absolute Gasteiger partial charge is 0.170 e. The van der Waals surface area contributed by atoms with E-state index in [0.717, 1.165) is 12.0 Å². The summed E-state index contributed by atoms with van der Waals surface area (Å²) in [5, 5.41) is 0.403. The minimum atomic E-state index is -0.0414. The largest absolute Gasteiger partial charge is 0.294 e. The van der Waals surface area contributed by atoms with Crippen molar-refractivity contribution >= 4 is 22.5 Å². The Kier molecular flexibility index (Phi) is 4.39. The van der Waals surface area contributed by atoms with Crippen molar-refractivity contribution in [2.75, 3.05) is 0 Å². The first-order valence-electron chi connectivity index (χ1n) is 8.85. The number of rotatable bonds is 3. The zero-order chi connectivity index (χ0) is 17.4. The Morgan fingerprint density at radius 2 is 1.60 bits per heavy atom. The lowest BCUT2D eigenvalue weighted by Gasteiger charge is -2.31. The van der Waals surface area contributed by atoms with Gasteiger partial charge in [-0.1, -0.05) is 77.9 Å². The minimum absolute atomic E-state index is 0.0414. The summed E-state index contributed by atoms with van der Waals surface area (Å²) >= 11 is 1.90. The first-order chi connectivity index (χ1) is 12.1. The fourth-order valence-electron chi connectivity index (χ4n) is 3.66. The van der Waals surface area contributed by atoms with Crippen molar-refractivity contribution in [1.29, 1.82) is 0 Å². The molecule has 0 aromatic heterocycles. The molecule has 2 aromatic carbocycles. The molecule has 2 aromatic rings. The van der Waals surface area contributed by atoms with Crippen LogP contribution >= 0.6 is 11.8 Å². The minimum Gasteiger partial charge on any atom is -0.294 e. The number of hydrogen-bond donors (Lipinski definition) is 0. The average Bonchev–Trinajstić information content (AvgIpc) is 3.10. The maximum atomic E-state index is 13.2. The van der Waals surface area contributed by atoms with E-state index in [0.29, 0.717) is 11.2 Å². The number of Topliss-reactive ketones (excluding diaryl/α,β-unsaturated/α-hetero) is 1. The lowest BCUT2D eigenvalue weighted by atomic mass is 9.82. The van der Waals surface area contributed by atoms with Crippen LogP contribution in [0.2, 0.25) is 0 Å². The summed E-state index contributed by atoms with van der Waals surface area (Å²) in [5.41, 5.74) is 4.49. The van der Waals surface area contributed by atoms with E-state index in [1.54, 1.807) is 0 Å². The topological polar surface area (TPSA) is 17.1 Å². The third-order valence-electron chi connectivity index (χ3n) is 5.19. The molecule has 1 aliphatic carbocycles. The molecule has 0 amide bonds. The summed E-state index contributed by atoms with van der Waals surface area (Å²) in [5.74, 6) is 0.594. The van der Waals surface area contributed by atoms with Crippen LogP contribution in [0, 0.1) is 25.7 Å². The molecule has 25 heavy (non-hydrogen) atoms. The predicted molar refractivity (Wildman–Crippen MR) is 107 cm³/mol. The fraction of sp³-hybridized carbons (Fsp3) is 0.261. The van der Waals surface area contributed by atoms with Crippen LogP contribution in [0.5, 0.6) is 0 Å². The molecular formula is C23H22OS. The normalized spacial score (nSPS) is 24.7. The van der Waals surface area contributed by atoms with E-state index in [1.165, 1.54) is 21.6 Å². The van der Waals surface area contributed by atoms with Crippen LogP contribution in [-0.4, -0.2) is 11.0 Å². The summed E-state index contributed by atoms with van der Waals surface area (Å²) < 4.78 is 0. The van der Waals surface area contributed by atoms with Gasteiger partial charge in [-0.2, -0.15) is 0 Å². The van der Waals surface area contributed by atoms with Crippen LogP contribution in [-0.2, 0) is 0 Å². The number of fused-ring (bicyclic) bond motifs is 1. The summed E-state index contributed by atoms with van der Waals surface area (Å²) in [7, 11) is 0. The van der Waals surface area contributed by atoms with Gasteiger partial charge >= 0.3 is 0 Å². The third kappa shape index (κ3) is 3.23. The molecule has 3 atom stereocenters. The maximum absolute atomic E-state index is 13.2. The van der Waals surface area contributed by atoms with Crippen LogP contribution in [0.15, 0.2) is 66.8 Å². The molecule has 0 N–H and O–H groups in total. The Morgan fingerprint density at radius 1 is 0.960 bits per heavy atom. The van der Waals surface area contributed by atoms with Gasteiger partial charge in [-0.05, 0) is 31.7 Å². The average molecular weight is 346 g/mol. The Hall–Kier alpha value is -2.06. The third-order valence-corrected chi connectivity index (χ3v) is 6.59. The van der Waals surface area contributed by atoms with Gasteiger partial charge in [0.1, 0.15) is 0 Å². The first kappa shape index (κ1) is 16.4. The van der Waals surface area contributed by atoms with E-state index in [9.17, 15) is 4.79 Å². The van der Waals surface area contributed by atoms with Gasteiger partial charge in [-0.3, -0.25) is 4.79 Å². The van der Waals surface area contributed by atoms with E-state index in [-0.39, 0.29) is 11.7 Å². The Morgan fingerprint density at radius 3 is 2.28 bits per heavy atom. The monoisotopic (exact) mass is 346 g/mol. The zero-order valence-electron chi connectivity index (χ0n) is 14.6. The predicted octanol–water partition coefficient (Wildman–Crippen LogP) is 5.83. The standard InChI is InChI=1S/C23H22OS/c1-15-6-10-17(11-7-15)22-14-20(19-4-3-5-21(19)25-22)23(24)18-12-8-16(2)9-13-18/h3,5-14,19-21H,4H2,1-2H3/t19-,20+,21-/m0/s1. The van der Waals surface area contributed by atoms with Gasteiger partial charge in [0, 0.05) is 21.6 Å². The molecule has 1 nitrogen and oxygen atoms in total. The van der Waals surface area contributed by atoms with Crippen molar-refractivity contribution in [2.24, 2.45) is 11.8 Å². The summed E-state index contributed by atoms with van der Waals surface area (Å²) in [6, 6.07) is 16.6. The van der Waals surface area contributed by atoms with Crippen molar-refractivity contribution in [2.45, 2.75) is 25.5 Å². The van der Waals surface area contributed by atoms with E-state index in [1.807, 2.05) is 36.0 Å². The molecule has 1 heterocycles. The number of allylic oxidation sites excluding steroid dienone is 2. The molecule has 0 spiro atoms. The first-order valence-corrected chi connectivity index (χ1v) is 9.73. The number of hydrogen-bond acceptors (Lipinski definition) is 2. The van der Waals surface area contributed by atoms with E-state index in [4.69, 9.17) is 0 Å². The molecule has 0 bridgehead atoms. The number of ketones is 1. The van der Waals surface area contributed by atoms with Crippen molar-refractivity contribution in [3.05, 3.63) is 89.0 Å². The summed E-state index contributed by atoms with van der Waals surface area (Å²) in [4.78, 5) is 14.4. The molecule has 4 rings (SSSR count). The highest BCUT2D eigenvalue weighted by Gasteiger charge is 2.38. The molecule has 0 saturated carbocycles. The number of benzene rings is 2. The van der Waals surface area contributed by atoms with Crippen LogP contribution in [0.25, 0.3) is 4.91 Å². The van der Waals surface area contributed by atoms with Gasteiger partial charge < -0.3 is 0 Å². The molecule has 2 aliphatic rings. The number of aryl methyl sites for hydroxylation is 2. The number of carbonyl (C=O) groups excluding carboxylic acids is 1. The maximum Gasteiger partial charge on any atom is 0.170 e. The second-order valence-corrected chi connectivity index (χ2v) is 8.28. The van der Waals surface area contributed by atoms with Crippen LogP contribution in [0.4, 0.5) is 0 Å². The molecular weight excluding hydrogens is 324 g/mol. The highest BCUT2D eigenvalue weighted by molar-refractivity contribution is 8.09. The highest BCUT2D eigenvalue weighted by atomic mass is 32.2. The zero-order valence-corrected chi connectivity index (χ0v) is 15.4. The van der Waals surface area contributed by atoms with Gasteiger partial charge in [0.05, 0.1) is 0 Å². The summed E-state index contributed by atoms with van der Waals surface area (Å²) in [6.45, 7) is 4.16. The van der Waals surface area contributed by atoms with Gasteiger partial charge in [0.2, 0.25) is 0 Å². The lowest BCUT2D eigenvalue weighted by Crippen LogP contribution is -2.29. The van der Waals surface area contributed by atoms with Crippen molar-refractivity contribution in [1.82, 2.24) is 0 Å². The second kappa shape index (κ2) is 6.68. The highest BCUT2D eigenvalue weighted by Crippen LogP contribution is 2.48. The van der Waals surface area contributed by atoms with E-state index >= 15 is 0 Å². The van der Waals surface area contributed by atoms with Gasteiger partial charge in [0.25, 0.3) is 0 Å². The van der Waals surface area contributed by atoms with E-state index < -0.39 is 0 Å². The number of thioether (sulfide) groups is 1. The van der Waals surface area contributed by atoms with Crippen LogP contribution < -0.4 is 0 Å². The van der Waals surface area contributed by atoms with Gasteiger partial charge in [0.15, 0.2) is 5.78 Å². The molecule has 2 heteroatoms. The summed E-state index contributed by atoms with van der Waals surface area (Å²) in [6.07, 6.45) is 7.74. The van der Waals surface area contributed by atoms with Gasteiger partial charge in [-0.25, -0.2) is 0 Å². The second-order valence-electron chi connectivity index (χ2n) is 7.06. The molecule has 0 radical (unpaired) electrons. The van der Waals surface area contributed by atoms with Crippen molar-refractivity contribution < 1.29 is 4.79 Å². The quantitative estimate of drug-likeness (QED) is 0.513. The van der Waals surface area contributed by atoms with Crippen molar-refractivity contribution in [3.63, 3.8) is 0 Å². The molecule has 0 unspecified atom stereocenters. The van der Waals surface area contributed by atoms with Crippen LogP contribution in [0.3, 0.4) is 0 Å². The van der Waals surface area contributed by atoms with Gasteiger partial charge in [-0.15, -0.1) is 11.8 Å². The number of carbonyl (C=O) groups is 1. The van der Waals surface area contributed by atoms with Crippen molar-refractivity contribution in [3.8, 4) is 0 Å². The molecule has 1 aliphatic heterocycles. The SMILES string of the molecule is Cc1ccc(C(=O)[C@@H]2C=C(c3ccc(C)cc3)S[C@H]3C=CC[C@H]32)cc1. The van der Waals surface area contributed by atoms with E-state index in [2.05, 4.69) is 56.3 Å². The molecule has 0 saturated heterocycles. The molecule has 126 valence electrons. The van der Waals surface area contributed by atoms with Crippen LogP contribution in [0.1, 0.15) is 33.5 Å². The Balaban J connectivity index is 1.70.